The average Bonchev–Trinajstić information content (AvgIpc) is 2.95. The number of methoxy groups -OCH3 is 1. The largest absolute Gasteiger partial charge is 0.494 e. The van der Waals surface area contributed by atoms with Crippen molar-refractivity contribution in [3.05, 3.63) is 58.0 Å². The molecule has 1 aromatic carbocycles. The quantitative estimate of drug-likeness (QED) is 0.581. The van der Waals surface area contributed by atoms with Gasteiger partial charge in [-0.05, 0) is 25.1 Å². The smallest absolute Gasteiger partial charge is 0.273 e. The van der Waals surface area contributed by atoms with E-state index in [1.165, 1.54) is 25.3 Å². The Balaban J connectivity index is 1.89. The number of aromatic nitrogens is 3. The van der Waals surface area contributed by atoms with Gasteiger partial charge in [0.2, 0.25) is 0 Å². The minimum absolute atomic E-state index is 0.120. The topological polar surface area (TPSA) is 112 Å². The Kier molecular flexibility index (Phi) is 3.82. The highest BCUT2D eigenvalue weighted by atomic mass is 16.6. The van der Waals surface area contributed by atoms with Gasteiger partial charge in [-0.15, -0.1) is 10.2 Å². The highest BCUT2D eigenvalue weighted by Crippen LogP contribution is 2.29. The van der Waals surface area contributed by atoms with Crippen LogP contribution in [0.2, 0.25) is 0 Å². The zero-order valence-electron chi connectivity index (χ0n) is 12.9. The highest BCUT2D eigenvalue weighted by molar-refractivity contribution is 6.05. The van der Waals surface area contributed by atoms with Crippen molar-refractivity contribution in [2.75, 3.05) is 12.4 Å². The molecule has 0 bridgehead atoms. The van der Waals surface area contributed by atoms with Gasteiger partial charge < -0.3 is 10.1 Å². The third kappa shape index (κ3) is 2.74. The van der Waals surface area contributed by atoms with Crippen LogP contribution in [0.4, 0.5) is 11.4 Å². The number of hydrogen-bond acceptors (Lipinski definition) is 6. The zero-order valence-corrected chi connectivity index (χ0v) is 12.9. The van der Waals surface area contributed by atoms with Gasteiger partial charge in [-0.25, -0.2) is 0 Å². The van der Waals surface area contributed by atoms with Crippen molar-refractivity contribution in [3.8, 4) is 5.75 Å². The number of nitro benzene ring substituents is 1. The standard InChI is InChI=1S/C15H13N5O4/c1-9-17-18-14-7-10(5-6-19(9)14)15(21)16-12-4-3-11(20(22)23)8-13(12)24-2/h3-8H,1-2H3,(H,16,21). The van der Waals surface area contributed by atoms with Gasteiger partial charge in [-0.1, -0.05) is 0 Å². The SMILES string of the molecule is COc1cc([N+](=O)[O-])ccc1NC(=O)c1ccn2c(C)nnc2c1. The van der Waals surface area contributed by atoms with Gasteiger partial charge in [0, 0.05) is 17.8 Å². The predicted molar refractivity (Wildman–Crippen MR) is 85.3 cm³/mol. The molecule has 0 spiro atoms. The van der Waals surface area contributed by atoms with Crippen LogP contribution < -0.4 is 10.1 Å². The fraction of sp³-hybridized carbons (Fsp3) is 0.133. The number of nitrogens with zero attached hydrogens (tertiary/aromatic N) is 4. The van der Waals surface area contributed by atoms with E-state index in [9.17, 15) is 14.9 Å². The summed E-state index contributed by atoms with van der Waals surface area (Å²) in [7, 11) is 1.37. The molecule has 0 aliphatic heterocycles. The van der Waals surface area contributed by atoms with Gasteiger partial charge in [-0.2, -0.15) is 0 Å². The molecule has 9 nitrogen and oxygen atoms in total. The summed E-state index contributed by atoms with van der Waals surface area (Å²) in [6.45, 7) is 1.81. The summed E-state index contributed by atoms with van der Waals surface area (Å²) in [5, 5.41) is 21.4. The first-order valence-electron chi connectivity index (χ1n) is 6.95. The van der Waals surface area contributed by atoms with Gasteiger partial charge in [-0.3, -0.25) is 19.3 Å². The van der Waals surface area contributed by atoms with Crippen LogP contribution in [0.1, 0.15) is 16.2 Å². The first-order chi connectivity index (χ1) is 11.5. The maximum Gasteiger partial charge on any atom is 0.273 e. The molecule has 0 fully saturated rings. The van der Waals surface area contributed by atoms with Crippen molar-refractivity contribution in [1.29, 1.82) is 0 Å². The molecule has 3 aromatic rings. The number of fused-ring (bicyclic) bond motifs is 1. The summed E-state index contributed by atoms with van der Waals surface area (Å²) in [4.78, 5) is 22.7. The molecule has 0 aliphatic rings. The van der Waals surface area contributed by atoms with Gasteiger partial charge >= 0.3 is 0 Å². The van der Waals surface area contributed by atoms with E-state index >= 15 is 0 Å². The van der Waals surface area contributed by atoms with Crippen molar-refractivity contribution < 1.29 is 14.5 Å². The van der Waals surface area contributed by atoms with Gasteiger partial charge in [0.25, 0.3) is 11.6 Å². The van der Waals surface area contributed by atoms with Crippen LogP contribution in [0.15, 0.2) is 36.5 Å². The summed E-state index contributed by atoms with van der Waals surface area (Å²) in [6.07, 6.45) is 1.70. The minimum atomic E-state index is -0.532. The highest BCUT2D eigenvalue weighted by Gasteiger charge is 2.15. The number of anilines is 1. The van der Waals surface area contributed by atoms with Crippen LogP contribution in [-0.2, 0) is 0 Å². The number of nitrogens with one attached hydrogen (secondary N) is 1. The molecule has 0 saturated heterocycles. The number of carbonyl (C=O) groups excluding carboxylic acids is 1. The summed E-state index contributed by atoms with van der Waals surface area (Å²) < 4.78 is 6.85. The van der Waals surface area contributed by atoms with Crippen molar-refractivity contribution in [3.63, 3.8) is 0 Å². The maximum atomic E-state index is 12.4. The summed E-state index contributed by atoms with van der Waals surface area (Å²) in [6, 6.07) is 7.21. The Hall–Kier alpha value is -3.49. The average molecular weight is 327 g/mol. The van der Waals surface area contributed by atoms with Crippen molar-refractivity contribution >= 4 is 22.9 Å². The number of hydrogen-bond donors (Lipinski definition) is 1. The monoisotopic (exact) mass is 327 g/mol. The summed E-state index contributed by atoms with van der Waals surface area (Å²) in [5.74, 6) is 0.538. The number of nitro groups is 1. The van der Waals surface area contributed by atoms with E-state index < -0.39 is 4.92 Å². The Labute approximate surface area is 136 Å². The van der Waals surface area contributed by atoms with E-state index in [1.807, 2.05) is 6.92 Å². The molecule has 2 heterocycles. The Morgan fingerprint density at radius 1 is 1.29 bits per heavy atom. The number of carbonyl (C=O) groups is 1. The number of aryl methyl sites for hydroxylation is 1. The number of ether oxygens (including phenoxy) is 1. The lowest BCUT2D eigenvalue weighted by atomic mass is 10.2. The van der Waals surface area contributed by atoms with Crippen LogP contribution in [-0.4, -0.2) is 32.5 Å². The second-order valence-electron chi connectivity index (χ2n) is 4.99. The lowest BCUT2D eigenvalue weighted by Gasteiger charge is -2.10. The van der Waals surface area contributed by atoms with E-state index in [0.29, 0.717) is 22.7 Å². The second-order valence-corrected chi connectivity index (χ2v) is 4.99. The molecule has 0 saturated carbocycles. The molecule has 9 heteroatoms. The minimum Gasteiger partial charge on any atom is -0.494 e. The van der Waals surface area contributed by atoms with E-state index in [0.717, 1.165) is 0 Å². The molecule has 0 radical (unpaired) electrons. The fourth-order valence-electron chi connectivity index (χ4n) is 2.24. The number of rotatable bonds is 4. The van der Waals surface area contributed by atoms with Crippen LogP contribution in [0.3, 0.4) is 0 Å². The van der Waals surface area contributed by atoms with Crippen LogP contribution in [0.5, 0.6) is 5.75 Å². The number of non-ortho nitro benzene ring substituents is 1. The number of amides is 1. The Morgan fingerprint density at radius 2 is 2.08 bits per heavy atom. The molecule has 1 N–H and O–H groups in total. The van der Waals surface area contributed by atoms with Crippen LogP contribution in [0, 0.1) is 17.0 Å². The van der Waals surface area contributed by atoms with Crippen LogP contribution in [0.25, 0.3) is 5.65 Å². The first kappa shape index (κ1) is 15.4. The summed E-state index contributed by atoms with van der Waals surface area (Å²) in [5.41, 5.74) is 1.15. The van der Waals surface area contributed by atoms with E-state index in [-0.39, 0.29) is 17.3 Å². The molecule has 0 unspecified atom stereocenters. The van der Waals surface area contributed by atoms with Gasteiger partial charge in [0.05, 0.1) is 23.8 Å². The molecule has 0 aliphatic carbocycles. The van der Waals surface area contributed by atoms with Crippen LogP contribution >= 0.6 is 0 Å². The Morgan fingerprint density at radius 3 is 2.79 bits per heavy atom. The molecule has 2 aromatic heterocycles. The molecule has 3 rings (SSSR count). The lowest BCUT2D eigenvalue weighted by Crippen LogP contribution is -2.13. The second kappa shape index (κ2) is 5.95. The third-order valence-corrected chi connectivity index (χ3v) is 3.49. The first-order valence-corrected chi connectivity index (χ1v) is 6.95. The molecule has 24 heavy (non-hydrogen) atoms. The molecular weight excluding hydrogens is 314 g/mol. The third-order valence-electron chi connectivity index (χ3n) is 3.49. The fourth-order valence-corrected chi connectivity index (χ4v) is 2.24. The van der Waals surface area contributed by atoms with E-state index in [1.54, 1.807) is 22.7 Å². The van der Waals surface area contributed by atoms with Crippen molar-refractivity contribution in [1.82, 2.24) is 14.6 Å². The predicted octanol–water partition coefficient (Wildman–Crippen LogP) is 2.21. The van der Waals surface area contributed by atoms with Gasteiger partial charge in [0.1, 0.15) is 11.6 Å². The summed E-state index contributed by atoms with van der Waals surface area (Å²) >= 11 is 0. The Bertz CT molecular complexity index is 950. The van der Waals surface area contributed by atoms with Crippen molar-refractivity contribution in [2.24, 2.45) is 0 Å². The lowest BCUT2D eigenvalue weighted by molar-refractivity contribution is -0.384. The number of pyridine rings is 1. The molecule has 0 atom stereocenters. The van der Waals surface area contributed by atoms with E-state index in [2.05, 4.69) is 15.5 Å². The molecule has 122 valence electrons. The van der Waals surface area contributed by atoms with Crippen molar-refractivity contribution in [2.45, 2.75) is 6.92 Å². The normalized spacial score (nSPS) is 10.6. The maximum absolute atomic E-state index is 12.4. The number of benzene rings is 1. The zero-order chi connectivity index (χ0) is 17.3. The van der Waals surface area contributed by atoms with Gasteiger partial charge in [0.15, 0.2) is 5.65 Å². The molecular formula is C15H13N5O4. The molecule has 1 amide bonds. The van der Waals surface area contributed by atoms with E-state index in [4.69, 9.17) is 4.74 Å².